The number of aromatic nitrogens is 2. The highest BCUT2D eigenvalue weighted by atomic mass is 32.2. The molecule has 0 amide bonds. The Morgan fingerprint density at radius 2 is 2.12 bits per heavy atom. The Kier molecular flexibility index (Phi) is 4.20. The van der Waals surface area contributed by atoms with E-state index >= 15 is 0 Å². The average molecular weight is 247 g/mol. The molecule has 0 saturated heterocycles. The highest BCUT2D eigenvalue weighted by molar-refractivity contribution is 7.98. The van der Waals surface area contributed by atoms with Gasteiger partial charge in [-0.15, -0.1) is 0 Å². The second-order valence-corrected chi connectivity index (χ2v) is 5.05. The van der Waals surface area contributed by atoms with Gasteiger partial charge >= 0.3 is 0 Å². The molecule has 1 unspecified atom stereocenters. The van der Waals surface area contributed by atoms with Crippen molar-refractivity contribution in [2.24, 2.45) is 0 Å². The first kappa shape index (κ1) is 12.2. The maximum absolute atomic E-state index is 4.33. The molecule has 0 fully saturated rings. The van der Waals surface area contributed by atoms with Crippen LogP contribution >= 0.6 is 11.8 Å². The second kappa shape index (κ2) is 5.87. The molecule has 0 bridgehead atoms. The summed E-state index contributed by atoms with van der Waals surface area (Å²) in [6, 6.07) is 8.51. The fraction of sp³-hybridized carbons (Fsp3) is 0.385. The molecule has 2 aromatic rings. The Balaban J connectivity index is 2.18. The van der Waals surface area contributed by atoms with Crippen LogP contribution in [-0.4, -0.2) is 28.0 Å². The molecule has 1 atom stereocenters. The van der Waals surface area contributed by atoms with Gasteiger partial charge in [0.25, 0.3) is 0 Å². The number of para-hydroxylation sites is 1. The molecule has 0 spiro atoms. The Morgan fingerprint density at radius 1 is 1.29 bits per heavy atom. The monoisotopic (exact) mass is 247 g/mol. The number of hydrogen-bond acceptors (Lipinski definition) is 4. The molecule has 2 rings (SSSR count). The number of hydrogen-bond donors (Lipinski definition) is 1. The first-order chi connectivity index (χ1) is 8.31. The first-order valence-corrected chi connectivity index (χ1v) is 7.16. The third-order valence-electron chi connectivity index (χ3n) is 2.68. The van der Waals surface area contributed by atoms with E-state index in [-0.39, 0.29) is 0 Å². The van der Waals surface area contributed by atoms with Crippen LogP contribution in [0.4, 0.5) is 5.82 Å². The van der Waals surface area contributed by atoms with Crippen molar-refractivity contribution in [3.05, 3.63) is 30.6 Å². The number of rotatable bonds is 5. The number of thioether (sulfide) groups is 1. The van der Waals surface area contributed by atoms with Gasteiger partial charge in [0.1, 0.15) is 12.1 Å². The lowest BCUT2D eigenvalue weighted by atomic mass is 10.2. The smallest absolute Gasteiger partial charge is 0.137 e. The second-order valence-electron chi connectivity index (χ2n) is 4.07. The van der Waals surface area contributed by atoms with Crippen LogP contribution in [0.3, 0.4) is 0 Å². The van der Waals surface area contributed by atoms with Gasteiger partial charge in [-0.25, -0.2) is 9.97 Å². The molecule has 0 aliphatic carbocycles. The standard InChI is InChI=1S/C13H17N3S/c1-10(7-8-17-2)16-13-11-5-3-4-6-12(11)14-9-15-13/h3-6,9-10H,7-8H2,1-2H3,(H,14,15,16). The Morgan fingerprint density at radius 3 is 2.94 bits per heavy atom. The molecule has 3 nitrogen and oxygen atoms in total. The average Bonchev–Trinajstić information content (AvgIpc) is 2.37. The first-order valence-electron chi connectivity index (χ1n) is 5.76. The summed E-state index contributed by atoms with van der Waals surface area (Å²) in [5.41, 5.74) is 0.988. The van der Waals surface area contributed by atoms with Crippen molar-refractivity contribution in [1.82, 2.24) is 9.97 Å². The van der Waals surface area contributed by atoms with E-state index in [1.165, 1.54) is 0 Å². The number of anilines is 1. The van der Waals surface area contributed by atoms with Crippen molar-refractivity contribution in [3.8, 4) is 0 Å². The van der Waals surface area contributed by atoms with Crippen LogP contribution in [0.2, 0.25) is 0 Å². The zero-order chi connectivity index (χ0) is 12.1. The Labute approximate surface area is 106 Å². The SMILES string of the molecule is CSCCC(C)Nc1ncnc2ccccc12. The molecule has 1 aromatic carbocycles. The summed E-state index contributed by atoms with van der Waals surface area (Å²) in [5.74, 6) is 2.10. The Hall–Kier alpha value is -1.29. The van der Waals surface area contributed by atoms with Crippen LogP contribution in [0.5, 0.6) is 0 Å². The lowest BCUT2D eigenvalue weighted by Crippen LogP contribution is -2.17. The quantitative estimate of drug-likeness (QED) is 0.880. The topological polar surface area (TPSA) is 37.8 Å². The highest BCUT2D eigenvalue weighted by Gasteiger charge is 2.06. The maximum Gasteiger partial charge on any atom is 0.137 e. The summed E-state index contributed by atoms with van der Waals surface area (Å²) in [6.07, 6.45) is 4.89. The minimum Gasteiger partial charge on any atom is -0.367 e. The number of fused-ring (bicyclic) bond motifs is 1. The van der Waals surface area contributed by atoms with Gasteiger partial charge in [0.15, 0.2) is 0 Å². The van der Waals surface area contributed by atoms with Gasteiger partial charge in [-0.05, 0) is 37.5 Å². The van der Waals surface area contributed by atoms with Gasteiger partial charge in [-0.1, -0.05) is 12.1 Å². The van der Waals surface area contributed by atoms with Gasteiger partial charge in [0, 0.05) is 11.4 Å². The molecule has 0 radical (unpaired) electrons. The van der Waals surface area contributed by atoms with Crippen LogP contribution < -0.4 is 5.32 Å². The molecule has 0 saturated carbocycles. The van der Waals surface area contributed by atoms with Crippen LogP contribution in [0.1, 0.15) is 13.3 Å². The summed E-state index contributed by atoms with van der Waals surface area (Å²) in [6.45, 7) is 2.19. The fourth-order valence-electron chi connectivity index (χ4n) is 1.72. The predicted octanol–water partition coefficient (Wildman–Crippen LogP) is 3.18. The molecule has 90 valence electrons. The van der Waals surface area contributed by atoms with E-state index in [1.807, 2.05) is 30.0 Å². The number of nitrogens with zero attached hydrogens (tertiary/aromatic N) is 2. The van der Waals surface area contributed by atoms with E-state index in [1.54, 1.807) is 6.33 Å². The third-order valence-corrected chi connectivity index (χ3v) is 3.32. The van der Waals surface area contributed by atoms with Crippen molar-refractivity contribution in [3.63, 3.8) is 0 Å². The minimum atomic E-state index is 0.431. The zero-order valence-electron chi connectivity index (χ0n) is 10.2. The van der Waals surface area contributed by atoms with Crippen molar-refractivity contribution >= 4 is 28.5 Å². The van der Waals surface area contributed by atoms with E-state index in [2.05, 4.69) is 34.5 Å². The molecule has 17 heavy (non-hydrogen) atoms. The predicted molar refractivity (Wildman–Crippen MR) is 75.6 cm³/mol. The summed E-state index contributed by atoms with van der Waals surface area (Å²) in [5, 5.41) is 4.54. The molecule has 0 aliphatic rings. The van der Waals surface area contributed by atoms with Gasteiger partial charge in [0.2, 0.25) is 0 Å². The van der Waals surface area contributed by atoms with Gasteiger partial charge in [-0.2, -0.15) is 11.8 Å². The minimum absolute atomic E-state index is 0.431. The van der Waals surface area contributed by atoms with E-state index in [9.17, 15) is 0 Å². The van der Waals surface area contributed by atoms with Crippen molar-refractivity contribution in [2.45, 2.75) is 19.4 Å². The summed E-state index contributed by atoms with van der Waals surface area (Å²) in [7, 11) is 0. The van der Waals surface area contributed by atoms with Crippen LogP contribution in [0, 0.1) is 0 Å². The van der Waals surface area contributed by atoms with Gasteiger partial charge in [-0.3, -0.25) is 0 Å². The van der Waals surface area contributed by atoms with Crippen LogP contribution in [-0.2, 0) is 0 Å². The molecular weight excluding hydrogens is 230 g/mol. The molecule has 1 aromatic heterocycles. The van der Waals surface area contributed by atoms with Crippen LogP contribution in [0.25, 0.3) is 10.9 Å². The van der Waals surface area contributed by atoms with E-state index in [4.69, 9.17) is 0 Å². The third kappa shape index (κ3) is 3.09. The summed E-state index contributed by atoms with van der Waals surface area (Å²) >= 11 is 1.87. The molecular formula is C13H17N3S. The van der Waals surface area contributed by atoms with E-state index < -0.39 is 0 Å². The largest absolute Gasteiger partial charge is 0.367 e. The Bertz CT molecular complexity index is 482. The normalized spacial score (nSPS) is 12.6. The molecule has 1 heterocycles. The van der Waals surface area contributed by atoms with Gasteiger partial charge in [0.05, 0.1) is 5.52 Å². The molecule has 1 N–H and O–H groups in total. The molecule has 4 heteroatoms. The van der Waals surface area contributed by atoms with Crippen molar-refractivity contribution in [2.75, 3.05) is 17.3 Å². The number of benzene rings is 1. The maximum atomic E-state index is 4.33. The van der Waals surface area contributed by atoms with Crippen molar-refractivity contribution < 1.29 is 0 Å². The number of nitrogens with one attached hydrogen (secondary N) is 1. The van der Waals surface area contributed by atoms with Crippen molar-refractivity contribution in [1.29, 1.82) is 0 Å². The van der Waals surface area contributed by atoms with E-state index in [0.717, 1.165) is 28.9 Å². The summed E-state index contributed by atoms with van der Waals surface area (Å²) in [4.78, 5) is 8.58. The van der Waals surface area contributed by atoms with Gasteiger partial charge < -0.3 is 5.32 Å². The van der Waals surface area contributed by atoms with E-state index in [0.29, 0.717) is 6.04 Å². The fourth-order valence-corrected chi connectivity index (χ4v) is 2.31. The lowest BCUT2D eigenvalue weighted by Gasteiger charge is -2.14. The molecule has 0 aliphatic heterocycles. The lowest BCUT2D eigenvalue weighted by molar-refractivity contribution is 0.768. The summed E-state index contributed by atoms with van der Waals surface area (Å²) < 4.78 is 0. The highest BCUT2D eigenvalue weighted by Crippen LogP contribution is 2.19. The van der Waals surface area contributed by atoms with Crippen LogP contribution in [0.15, 0.2) is 30.6 Å². The zero-order valence-corrected chi connectivity index (χ0v) is 11.0.